The minimum absolute atomic E-state index is 0.0753. The highest BCUT2D eigenvalue weighted by atomic mass is 16.3. The first kappa shape index (κ1) is 15.8. The van der Waals surface area contributed by atoms with Crippen LogP contribution >= 0.6 is 0 Å². The molecule has 0 bridgehead atoms. The molecular weight excluding hydrogens is 232 g/mol. The molecule has 106 valence electrons. The maximum absolute atomic E-state index is 10.6. The molecule has 0 unspecified atom stereocenters. The van der Waals surface area contributed by atoms with E-state index in [1.807, 2.05) is 0 Å². The minimum Gasteiger partial charge on any atom is -0.507 e. The highest BCUT2D eigenvalue weighted by Crippen LogP contribution is 2.41. The number of benzene rings is 1. The van der Waals surface area contributed by atoms with Gasteiger partial charge in [0.2, 0.25) is 0 Å². The molecule has 1 rings (SSSR count). The Morgan fingerprint density at radius 2 is 1.37 bits per heavy atom. The maximum atomic E-state index is 10.6. The number of phenolic OH excluding ortho intramolecular Hbond substituents is 1. The second-order valence-electron chi connectivity index (χ2n) is 7.38. The van der Waals surface area contributed by atoms with Crippen LogP contribution in [-0.2, 0) is 10.8 Å². The van der Waals surface area contributed by atoms with Gasteiger partial charge in [-0.05, 0) is 40.5 Å². The molecule has 0 aliphatic carbocycles. The zero-order valence-corrected chi connectivity index (χ0v) is 13.5. The molecule has 1 nitrogen and oxygen atoms in total. The molecule has 0 radical (unpaired) electrons. The van der Waals surface area contributed by atoms with E-state index < -0.39 is 0 Å². The second-order valence-corrected chi connectivity index (χ2v) is 7.38. The SMILES string of the molecule is C=C(CC)c1cc(C(C)(C)C)c(O)c(C(C)(C)C)c1. The molecule has 1 aromatic carbocycles. The molecule has 0 aliphatic heterocycles. The summed E-state index contributed by atoms with van der Waals surface area (Å²) in [7, 11) is 0. The monoisotopic (exact) mass is 260 g/mol. The van der Waals surface area contributed by atoms with Crippen LogP contribution in [0.25, 0.3) is 5.57 Å². The van der Waals surface area contributed by atoms with Gasteiger partial charge in [-0.1, -0.05) is 55.0 Å². The zero-order chi connectivity index (χ0) is 15.0. The second kappa shape index (κ2) is 5.03. The van der Waals surface area contributed by atoms with Crippen LogP contribution in [-0.4, -0.2) is 5.11 Å². The Hall–Kier alpha value is -1.24. The van der Waals surface area contributed by atoms with Crippen molar-refractivity contribution in [1.82, 2.24) is 0 Å². The lowest BCUT2D eigenvalue weighted by Gasteiger charge is -2.28. The van der Waals surface area contributed by atoms with E-state index in [1.165, 1.54) is 0 Å². The summed E-state index contributed by atoms with van der Waals surface area (Å²) in [5, 5.41) is 10.6. The number of aromatic hydroxyl groups is 1. The molecule has 0 saturated heterocycles. The van der Waals surface area contributed by atoms with Gasteiger partial charge in [-0.2, -0.15) is 0 Å². The predicted octanol–water partition coefficient (Wildman–Crippen LogP) is 5.41. The molecule has 19 heavy (non-hydrogen) atoms. The molecule has 0 saturated carbocycles. The summed E-state index contributed by atoms with van der Waals surface area (Å²) in [5.41, 5.74) is 4.13. The largest absolute Gasteiger partial charge is 0.507 e. The molecule has 0 atom stereocenters. The number of hydrogen-bond donors (Lipinski definition) is 1. The fourth-order valence-corrected chi connectivity index (χ4v) is 2.19. The minimum atomic E-state index is -0.0753. The molecule has 0 spiro atoms. The first-order valence-electron chi connectivity index (χ1n) is 7.04. The highest BCUT2D eigenvalue weighted by Gasteiger charge is 2.26. The van der Waals surface area contributed by atoms with E-state index in [1.54, 1.807) is 0 Å². The Labute approximate surface area is 118 Å². The van der Waals surface area contributed by atoms with Crippen molar-refractivity contribution >= 4 is 5.57 Å². The van der Waals surface area contributed by atoms with Crippen LogP contribution < -0.4 is 0 Å². The molecule has 0 fully saturated rings. The lowest BCUT2D eigenvalue weighted by Crippen LogP contribution is -2.17. The Morgan fingerprint density at radius 3 is 1.63 bits per heavy atom. The van der Waals surface area contributed by atoms with Crippen LogP contribution in [0, 0.1) is 0 Å². The molecule has 1 aromatic rings. The van der Waals surface area contributed by atoms with Gasteiger partial charge in [-0.25, -0.2) is 0 Å². The van der Waals surface area contributed by atoms with Crippen LogP contribution in [0.4, 0.5) is 0 Å². The third kappa shape index (κ3) is 3.40. The van der Waals surface area contributed by atoms with E-state index in [-0.39, 0.29) is 10.8 Å². The quantitative estimate of drug-likeness (QED) is 0.753. The first-order valence-corrected chi connectivity index (χ1v) is 7.04. The Bertz CT molecular complexity index is 446. The van der Waals surface area contributed by atoms with Gasteiger partial charge in [0, 0.05) is 11.1 Å². The lowest BCUT2D eigenvalue weighted by atomic mass is 9.77. The normalized spacial score (nSPS) is 12.6. The van der Waals surface area contributed by atoms with E-state index in [4.69, 9.17) is 0 Å². The Kier molecular flexibility index (Phi) is 4.19. The number of hydrogen-bond acceptors (Lipinski definition) is 1. The van der Waals surface area contributed by atoms with Crippen LogP contribution in [0.5, 0.6) is 5.75 Å². The van der Waals surface area contributed by atoms with Gasteiger partial charge in [0.05, 0.1) is 0 Å². The van der Waals surface area contributed by atoms with Crippen molar-refractivity contribution in [2.75, 3.05) is 0 Å². The van der Waals surface area contributed by atoms with Crippen molar-refractivity contribution in [1.29, 1.82) is 0 Å². The van der Waals surface area contributed by atoms with Crippen LogP contribution in [0.2, 0.25) is 0 Å². The van der Waals surface area contributed by atoms with E-state index in [0.717, 1.165) is 28.7 Å². The van der Waals surface area contributed by atoms with Crippen molar-refractivity contribution in [3.63, 3.8) is 0 Å². The predicted molar refractivity (Wildman–Crippen MR) is 84.8 cm³/mol. The van der Waals surface area contributed by atoms with Gasteiger partial charge in [0.25, 0.3) is 0 Å². The first-order chi connectivity index (χ1) is 8.48. The topological polar surface area (TPSA) is 20.2 Å². The summed E-state index contributed by atoms with van der Waals surface area (Å²) < 4.78 is 0. The summed E-state index contributed by atoms with van der Waals surface area (Å²) in [4.78, 5) is 0. The van der Waals surface area contributed by atoms with Gasteiger partial charge < -0.3 is 5.11 Å². The van der Waals surface area contributed by atoms with Crippen molar-refractivity contribution in [2.24, 2.45) is 0 Å². The third-order valence-electron chi connectivity index (χ3n) is 3.56. The number of allylic oxidation sites excluding steroid dienone is 1. The fourth-order valence-electron chi connectivity index (χ4n) is 2.19. The Balaban J connectivity index is 3.62. The maximum Gasteiger partial charge on any atom is 0.123 e. The van der Waals surface area contributed by atoms with Crippen molar-refractivity contribution in [3.05, 3.63) is 35.4 Å². The summed E-state index contributed by atoms with van der Waals surface area (Å²) in [6, 6.07) is 4.19. The van der Waals surface area contributed by atoms with E-state index in [0.29, 0.717) is 5.75 Å². The number of phenols is 1. The highest BCUT2D eigenvalue weighted by molar-refractivity contribution is 5.67. The van der Waals surface area contributed by atoms with Crippen LogP contribution in [0.1, 0.15) is 71.6 Å². The van der Waals surface area contributed by atoms with Crippen LogP contribution in [0.3, 0.4) is 0 Å². The van der Waals surface area contributed by atoms with E-state index in [9.17, 15) is 5.11 Å². The summed E-state index contributed by atoms with van der Waals surface area (Å²) in [6.07, 6.45) is 0.929. The summed E-state index contributed by atoms with van der Waals surface area (Å²) in [5.74, 6) is 0.438. The third-order valence-corrected chi connectivity index (χ3v) is 3.56. The van der Waals surface area contributed by atoms with Crippen molar-refractivity contribution in [3.8, 4) is 5.75 Å². The molecule has 1 heteroatoms. The van der Waals surface area contributed by atoms with Crippen LogP contribution in [0.15, 0.2) is 18.7 Å². The lowest BCUT2D eigenvalue weighted by molar-refractivity contribution is 0.423. The molecule has 0 amide bonds. The van der Waals surface area contributed by atoms with Crippen molar-refractivity contribution in [2.45, 2.75) is 65.7 Å². The van der Waals surface area contributed by atoms with E-state index in [2.05, 4.69) is 67.2 Å². The standard InChI is InChI=1S/C18H28O/c1-9-12(2)13-10-14(17(3,4)5)16(19)15(11-13)18(6,7)8/h10-11,19H,2,9H2,1,3-8H3. The molecule has 0 aliphatic rings. The average Bonchev–Trinajstić information content (AvgIpc) is 2.25. The molecule has 1 N–H and O–H groups in total. The average molecular weight is 260 g/mol. The van der Waals surface area contributed by atoms with Gasteiger partial charge in [0.1, 0.15) is 5.75 Å². The van der Waals surface area contributed by atoms with Gasteiger partial charge in [-0.3, -0.25) is 0 Å². The van der Waals surface area contributed by atoms with E-state index >= 15 is 0 Å². The van der Waals surface area contributed by atoms with Crippen molar-refractivity contribution < 1.29 is 5.11 Å². The summed E-state index contributed by atoms with van der Waals surface area (Å²) >= 11 is 0. The molecule has 0 aromatic heterocycles. The molecule has 0 heterocycles. The smallest absolute Gasteiger partial charge is 0.123 e. The number of rotatable bonds is 2. The molecular formula is C18H28O. The Morgan fingerprint density at radius 1 is 1.00 bits per heavy atom. The zero-order valence-electron chi connectivity index (χ0n) is 13.5. The van der Waals surface area contributed by atoms with Gasteiger partial charge in [0.15, 0.2) is 0 Å². The summed E-state index contributed by atoms with van der Waals surface area (Å²) in [6.45, 7) is 19.0. The van der Waals surface area contributed by atoms with Gasteiger partial charge in [-0.15, -0.1) is 0 Å². The van der Waals surface area contributed by atoms with Gasteiger partial charge >= 0.3 is 0 Å². The fraction of sp³-hybridized carbons (Fsp3) is 0.556.